The van der Waals surface area contributed by atoms with E-state index in [4.69, 9.17) is 0 Å². The van der Waals surface area contributed by atoms with Crippen molar-refractivity contribution in [1.82, 2.24) is 14.8 Å². The maximum absolute atomic E-state index is 12.0. The molecule has 0 saturated carbocycles. The molecule has 1 aromatic heterocycles. The molecule has 2 rings (SSSR count). The molecule has 0 radical (unpaired) electrons. The van der Waals surface area contributed by atoms with Gasteiger partial charge in [0.05, 0.1) is 10.7 Å². The molecule has 1 amide bonds. The molecular formula is C14H17N5O3S. The summed E-state index contributed by atoms with van der Waals surface area (Å²) in [7, 11) is 1.86. The highest BCUT2D eigenvalue weighted by molar-refractivity contribution is 7.99. The van der Waals surface area contributed by atoms with E-state index in [1.54, 1.807) is 6.07 Å². The summed E-state index contributed by atoms with van der Waals surface area (Å²) in [6.07, 6.45) is 0. The summed E-state index contributed by atoms with van der Waals surface area (Å²) >= 11 is 1.27. The Labute approximate surface area is 137 Å². The molecule has 122 valence electrons. The van der Waals surface area contributed by atoms with E-state index in [-0.39, 0.29) is 23.3 Å². The lowest BCUT2D eigenvalue weighted by molar-refractivity contribution is -0.384. The van der Waals surface area contributed by atoms with Crippen LogP contribution in [0.4, 0.5) is 11.4 Å². The Bertz CT molecular complexity index is 729. The monoisotopic (exact) mass is 335 g/mol. The van der Waals surface area contributed by atoms with Gasteiger partial charge in [0.25, 0.3) is 5.69 Å². The first-order valence-corrected chi connectivity index (χ1v) is 7.93. The summed E-state index contributed by atoms with van der Waals surface area (Å²) in [4.78, 5) is 22.2. The molecule has 8 nitrogen and oxygen atoms in total. The van der Waals surface area contributed by atoms with Crippen molar-refractivity contribution in [2.24, 2.45) is 7.05 Å². The Kier molecular flexibility index (Phi) is 5.32. The van der Waals surface area contributed by atoms with Crippen LogP contribution in [0.25, 0.3) is 0 Å². The third-order valence-electron chi connectivity index (χ3n) is 3.06. The molecule has 2 aromatic rings. The molecule has 0 atom stereocenters. The fourth-order valence-electron chi connectivity index (χ4n) is 1.98. The average molecular weight is 335 g/mol. The maximum atomic E-state index is 12.0. The van der Waals surface area contributed by atoms with Gasteiger partial charge in [0.15, 0.2) is 5.16 Å². The van der Waals surface area contributed by atoms with E-state index >= 15 is 0 Å². The second-order valence-electron chi connectivity index (χ2n) is 5.20. The van der Waals surface area contributed by atoms with Gasteiger partial charge in [0.2, 0.25) is 5.91 Å². The van der Waals surface area contributed by atoms with E-state index in [2.05, 4.69) is 15.5 Å². The van der Waals surface area contributed by atoms with E-state index in [1.807, 2.05) is 25.5 Å². The van der Waals surface area contributed by atoms with Gasteiger partial charge in [-0.15, -0.1) is 10.2 Å². The third-order valence-corrected chi connectivity index (χ3v) is 4.08. The topological polar surface area (TPSA) is 103 Å². The SMILES string of the molecule is CC(C)c1nnc(SCC(=O)Nc2cccc([N+](=O)[O-])c2)n1C. The van der Waals surface area contributed by atoms with Crippen molar-refractivity contribution < 1.29 is 9.72 Å². The van der Waals surface area contributed by atoms with Crippen LogP contribution in [0.5, 0.6) is 0 Å². The fourth-order valence-corrected chi connectivity index (χ4v) is 2.70. The van der Waals surface area contributed by atoms with Gasteiger partial charge in [-0.05, 0) is 6.07 Å². The van der Waals surface area contributed by atoms with Crippen molar-refractivity contribution in [2.75, 3.05) is 11.1 Å². The number of anilines is 1. The van der Waals surface area contributed by atoms with Crippen molar-refractivity contribution in [2.45, 2.75) is 24.9 Å². The molecule has 1 heterocycles. The third kappa shape index (κ3) is 4.28. The number of hydrogen-bond donors (Lipinski definition) is 1. The van der Waals surface area contributed by atoms with Crippen LogP contribution < -0.4 is 5.32 Å². The van der Waals surface area contributed by atoms with Gasteiger partial charge in [0.1, 0.15) is 5.82 Å². The van der Waals surface area contributed by atoms with Crippen molar-refractivity contribution in [1.29, 1.82) is 0 Å². The lowest BCUT2D eigenvalue weighted by atomic mass is 10.2. The predicted octanol–water partition coefficient (Wildman–Crippen LogP) is 2.58. The lowest BCUT2D eigenvalue weighted by Gasteiger charge is -2.06. The molecule has 1 aromatic carbocycles. The van der Waals surface area contributed by atoms with Gasteiger partial charge in [0, 0.05) is 30.8 Å². The van der Waals surface area contributed by atoms with Crippen LogP contribution in [0, 0.1) is 10.1 Å². The van der Waals surface area contributed by atoms with Crippen LogP contribution >= 0.6 is 11.8 Å². The summed E-state index contributed by atoms with van der Waals surface area (Å²) < 4.78 is 1.86. The van der Waals surface area contributed by atoms with Gasteiger partial charge in [-0.1, -0.05) is 31.7 Å². The highest BCUT2D eigenvalue weighted by Crippen LogP contribution is 2.21. The van der Waals surface area contributed by atoms with Crippen LogP contribution in [-0.2, 0) is 11.8 Å². The van der Waals surface area contributed by atoms with Gasteiger partial charge in [-0.2, -0.15) is 0 Å². The van der Waals surface area contributed by atoms with Crippen LogP contribution in [0.15, 0.2) is 29.4 Å². The smallest absolute Gasteiger partial charge is 0.271 e. The van der Waals surface area contributed by atoms with E-state index in [0.29, 0.717) is 10.8 Å². The normalized spacial score (nSPS) is 10.8. The average Bonchev–Trinajstić information content (AvgIpc) is 2.86. The van der Waals surface area contributed by atoms with Crippen molar-refractivity contribution in [3.8, 4) is 0 Å². The van der Waals surface area contributed by atoms with Crippen LogP contribution in [-0.4, -0.2) is 31.3 Å². The molecule has 0 saturated heterocycles. The van der Waals surface area contributed by atoms with Crippen molar-refractivity contribution >= 4 is 29.0 Å². The molecule has 0 bridgehead atoms. The molecule has 9 heteroatoms. The number of thioether (sulfide) groups is 1. The molecule has 0 aliphatic carbocycles. The maximum Gasteiger partial charge on any atom is 0.271 e. The zero-order valence-electron chi connectivity index (χ0n) is 13.0. The van der Waals surface area contributed by atoms with E-state index in [9.17, 15) is 14.9 Å². The first-order chi connectivity index (χ1) is 10.9. The largest absolute Gasteiger partial charge is 0.325 e. The number of nitro benzene ring substituents is 1. The second-order valence-corrected chi connectivity index (χ2v) is 6.14. The number of nitrogens with zero attached hydrogens (tertiary/aromatic N) is 4. The molecule has 0 fully saturated rings. The number of nitrogens with one attached hydrogen (secondary N) is 1. The first kappa shape index (κ1) is 16.9. The number of carbonyl (C=O) groups excluding carboxylic acids is 1. The summed E-state index contributed by atoms with van der Waals surface area (Å²) in [6, 6.07) is 5.83. The quantitative estimate of drug-likeness (QED) is 0.494. The summed E-state index contributed by atoms with van der Waals surface area (Å²) in [5, 5.41) is 22.2. The van der Waals surface area contributed by atoms with Gasteiger partial charge >= 0.3 is 0 Å². The molecule has 1 N–H and O–H groups in total. The minimum absolute atomic E-state index is 0.0645. The Morgan fingerprint density at radius 1 is 1.43 bits per heavy atom. The van der Waals surface area contributed by atoms with Crippen LogP contribution in [0.3, 0.4) is 0 Å². The van der Waals surface area contributed by atoms with Gasteiger partial charge in [-0.3, -0.25) is 14.9 Å². The van der Waals surface area contributed by atoms with Crippen LogP contribution in [0.2, 0.25) is 0 Å². The molecular weight excluding hydrogens is 318 g/mol. The zero-order valence-corrected chi connectivity index (χ0v) is 13.8. The molecule has 0 unspecified atom stereocenters. The predicted molar refractivity (Wildman–Crippen MR) is 87.5 cm³/mol. The Morgan fingerprint density at radius 2 is 2.17 bits per heavy atom. The van der Waals surface area contributed by atoms with Crippen LogP contribution in [0.1, 0.15) is 25.6 Å². The number of aromatic nitrogens is 3. The number of amides is 1. The Hall–Kier alpha value is -2.42. The Morgan fingerprint density at radius 3 is 2.78 bits per heavy atom. The number of non-ortho nitro benzene ring substituents is 1. The van der Waals surface area contributed by atoms with Crippen molar-refractivity contribution in [3.63, 3.8) is 0 Å². The highest BCUT2D eigenvalue weighted by Gasteiger charge is 2.14. The lowest BCUT2D eigenvalue weighted by Crippen LogP contribution is -2.14. The summed E-state index contributed by atoms with van der Waals surface area (Å²) in [6.45, 7) is 4.04. The van der Waals surface area contributed by atoms with E-state index < -0.39 is 4.92 Å². The minimum atomic E-state index is -0.503. The Balaban J connectivity index is 1.95. The molecule has 0 spiro atoms. The number of rotatable bonds is 6. The zero-order chi connectivity index (χ0) is 17.0. The molecule has 23 heavy (non-hydrogen) atoms. The number of hydrogen-bond acceptors (Lipinski definition) is 6. The number of carbonyl (C=O) groups is 1. The minimum Gasteiger partial charge on any atom is -0.325 e. The van der Waals surface area contributed by atoms with Crippen molar-refractivity contribution in [3.05, 3.63) is 40.2 Å². The van der Waals surface area contributed by atoms with E-state index in [1.165, 1.54) is 30.0 Å². The van der Waals surface area contributed by atoms with E-state index in [0.717, 1.165) is 5.82 Å². The first-order valence-electron chi connectivity index (χ1n) is 6.95. The fraction of sp³-hybridized carbons (Fsp3) is 0.357. The summed E-state index contributed by atoms with van der Waals surface area (Å²) in [5.74, 6) is 0.990. The molecule has 0 aliphatic rings. The standard InChI is InChI=1S/C14H17N5O3S/c1-9(2)13-16-17-14(18(13)3)23-8-12(20)15-10-5-4-6-11(7-10)19(21)22/h4-7,9H,8H2,1-3H3,(H,15,20). The van der Waals surface area contributed by atoms with Gasteiger partial charge in [-0.25, -0.2) is 0 Å². The second kappa shape index (κ2) is 7.23. The number of benzene rings is 1. The number of nitro groups is 1. The summed E-state index contributed by atoms with van der Waals surface area (Å²) in [5.41, 5.74) is 0.330. The highest BCUT2D eigenvalue weighted by atomic mass is 32.2. The molecule has 0 aliphatic heterocycles. The van der Waals surface area contributed by atoms with Gasteiger partial charge < -0.3 is 9.88 Å².